The highest BCUT2D eigenvalue weighted by Crippen LogP contribution is 2.13. The number of carbonyl (C=O) groups excluding carboxylic acids is 1. The number of ether oxygens (including phenoxy) is 1. The van der Waals surface area contributed by atoms with E-state index in [-0.39, 0.29) is 18.4 Å². The summed E-state index contributed by atoms with van der Waals surface area (Å²) >= 11 is 0. The predicted octanol–water partition coefficient (Wildman–Crippen LogP) is 1.81. The number of hydrogen-bond acceptors (Lipinski definition) is 3. The molecular formula is C14H19NO4. The van der Waals surface area contributed by atoms with E-state index in [1.165, 1.54) is 0 Å². The number of amides is 1. The summed E-state index contributed by atoms with van der Waals surface area (Å²) in [6.07, 6.45) is 0.799. The number of carbonyl (C=O) groups is 2. The third-order valence-electron chi connectivity index (χ3n) is 2.79. The molecule has 5 heteroatoms. The molecule has 1 rings (SSSR count). The summed E-state index contributed by atoms with van der Waals surface area (Å²) in [5, 5.41) is 11.4. The highest BCUT2D eigenvalue weighted by Gasteiger charge is 2.09. The molecule has 5 nitrogen and oxygen atoms in total. The van der Waals surface area contributed by atoms with E-state index in [0.717, 1.165) is 12.0 Å². The molecule has 0 bridgehead atoms. The Morgan fingerprint density at radius 3 is 2.79 bits per heavy atom. The van der Waals surface area contributed by atoms with E-state index in [9.17, 15) is 9.59 Å². The lowest BCUT2D eigenvalue weighted by molar-refractivity contribution is -0.139. The fourth-order valence-corrected chi connectivity index (χ4v) is 1.44. The standard InChI is InChI=1S/C14H19NO4/c1-3-10(2)14(18)15-8-11-5-4-6-12(7-11)19-9-13(16)17/h4-7,10H,3,8-9H2,1-2H3,(H,15,18)(H,16,17). The zero-order valence-corrected chi connectivity index (χ0v) is 11.2. The van der Waals surface area contributed by atoms with Crippen LogP contribution >= 0.6 is 0 Å². The topological polar surface area (TPSA) is 75.6 Å². The molecule has 0 heterocycles. The van der Waals surface area contributed by atoms with Gasteiger partial charge < -0.3 is 15.2 Å². The van der Waals surface area contributed by atoms with Crippen molar-refractivity contribution in [3.05, 3.63) is 29.8 Å². The largest absolute Gasteiger partial charge is 0.482 e. The van der Waals surface area contributed by atoms with Crippen molar-refractivity contribution in [1.29, 1.82) is 0 Å². The molecule has 0 aromatic heterocycles. The van der Waals surface area contributed by atoms with Crippen molar-refractivity contribution < 1.29 is 19.4 Å². The van der Waals surface area contributed by atoms with Gasteiger partial charge in [-0.1, -0.05) is 26.0 Å². The van der Waals surface area contributed by atoms with Gasteiger partial charge in [0.1, 0.15) is 5.75 Å². The van der Waals surface area contributed by atoms with Gasteiger partial charge in [0, 0.05) is 12.5 Å². The van der Waals surface area contributed by atoms with E-state index in [0.29, 0.717) is 12.3 Å². The number of nitrogens with one attached hydrogen (secondary N) is 1. The van der Waals surface area contributed by atoms with Crippen LogP contribution in [-0.2, 0) is 16.1 Å². The summed E-state index contributed by atoms with van der Waals surface area (Å²) in [5.41, 5.74) is 0.875. The van der Waals surface area contributed by atoms with Gasteiger partial charge in [0.2, 0.25) is 5.91 Å². The molecule has 1 aromatic rings. The SMILES string of the molecule is CCC(C)C(=O)NCc1cccc(OCC(=O)O)c1. The molecule has 0 radical (unpaired) electrons. The maximum absolute atomic E-state index is 11.6. The smallest absolute Gasteiger partial charge is 0.341 e. The second-order valence-corrected chi connectivity index (χ2v) is 4.36. The molecule has 0 aliphatic carbocycles. The molecular weight excluding hydrogens is 246 g/mol. The molecule has 1 unspecified atom stereocenters. The Bertz CT molecular complexity index is 445. The zero-order valence-electron chi connectivity index (χ0n) is 11.2. The van der Waals surface area contributed by atoms with Crippen LogP contribution in [0.15, 0.2) is 24.3 Å². The number of benzene rings is 1. The number of hydrogen-bond donors (Lipinski definition) is 2. The Morgan fingerprint density at radius 2 is 2.16 bits per heavy atom. The number of carboxylic acids is 1. The van der Waals surface area contributed by atoms with Crippen LogP contribution in [0.3, 0.4) is 0 Å². The van der Waals surface area contributed by atoms with Gasteiger partial charge in [0.15, 0.2) is 6.61 Å². The van der Waals surface area contributed by atoms with Crippen LogP contribution in [0, 0.1) is 5.92 Å². The van der Waals surface area contributed by atoms with Gasteiger partial charge in [-0.2, -0.15) is 0 Å². The monoisotopic (exact) mass is 265 g/mol. The molecule has 0 saturated heterocycles. The molecule has 1 aromatic carbocycles. The third-order valence-corrected chi connectivity index (χ3v) is 2.79. The van der Waals surface area contributed by atoms with E-state index >= 15 is 0 Å². The number of rotatable bonds is 7. The van der Waals surface area contributed by atoms with E-state index in [4.69, 9.17) is 9.84 Å². The molecule has 0 spiro atoms. The number of carboxylic acid groups (broad SMARTS) is 1. The minimum atomic E-state index is -1.02. The zero-order chi connectivity index (χ0) is 14.3. The van der Waals surface area contributed by atoms with Crippen molar-refractivity contribution >= 4 is 11.9 Å². The van der Waals surface area contributed by atoms with Crippen molar-refractivity contribution in [2.45, 2.75) is 26.8 Å². The van der Waals surface area contributed by atoms with Crippen molar-refractivity contribution in [2.24, 2.45) is 5.92 Å². The second-order valence-electron chi connectivity index (χ2n) is 4.36. The van der Waals surface area contributed by atoms with Gasteiger partial charge in [0.25, 0.3) is 0 Å². The summed E-state index contributed by atoms with van der Waals surface area (Å²) < 4.78 is 5.07. The lowest BCUT2D eigenvalue weighted by Gasteiger charge is -2.10. The van der Waals surface area contributed by atoms with Crippen LogP contribution in [0.2, 0.25) is 0 Å². The summed E-state index contributed by atoms with van der Waals surface area (Å²) in [7, 11) is 0. The van der Waals surface area contributed by atoms with Crippen molar-refractivity contribution in [3.8, 4) is 5.75 Å². The molecule has 1 amide bonds. The average Bonchev–Trinajstić information content (AvgIpc) is 2.42. The summed E-state index contributed by atoms with van der Waals surface area (Å²) in [6, 6.07) is 7.02. The van der Waals surface area contributed by atoms with Crippen LogP contribution in [0.5, 0.6) is 5.75 Å². The highest BCUT2D eigenvalue weighted by molar-refractivity contribution is 5.78. The Morgan fingerprint density at radius 1 is 1.42 bits per heavy atom. The van der Waals surface area contributed by atoms with Gasteiger partial charge in [-0.15, -0.1) is 0 Å². The normalized spacial score (nSPS) is 11.7. The summed E-state index contributed by atoms with van der Waals surface area (Å²) in [5.74, 6) is -0.529. The van der Waals surface area contributed by atoms with Gasteiger partial charge >= 0.3 is 5.97 Å². The fourth-order valence-electron chi connectivity index (χ4n) is 1.44. The molecule has 19 heavy (non-hydrogen) atoms. The van der Waals surface area contributed by atoms with Gasteiger partial charge in [-0.25, -0.2) is 4.79 Å². The molecule has 2 N–H and O–H groups in total. The molecule has 0 aliphatic rings. The van der Waals surface area contributed by atoms with Crippen molar-refractivity contribution in [1.82, 2.24) is 5.32 Å². The molecule has 0 saturated carbocycles. The van der Waals surface area contributed by atoms with Crippen LogP contribution in [0.1, 0.15) is 25.8 Å². The molecule has 104 valence electrons. The molecule has 1 atom stereocenters. The Hall–Kier alpha value is -2.04. The van der Waals surface area contributed by atoms with Crippen LogP contribution in [0.25, 0.3) is 0 Å². The van der Waals surface area contributed by atoms with E-state index in [1.807, 2.05) is 19.9 Å². The average molecular weight is 265 g/mol. The van der Waals surface area contributed by atoms with Gasteiger partial charge in [0.05, 0.1) is 0 Å². The summed E-state index contributed by atoms with van der Waals surface area (Å²) in [6.45, 7) is 3.88. The van der Waals surface area contributed by atoms with E-state index in [2.05, 4.69) is 5.32 Å². The second kappa shape index (κ2) is 7.41. The van der Waals surface area contributed by atoms with Crippen molar-refractivity contribution in [2.75, 3.05) is 6.61 Å². The minimum absolute atomic E-state index is 0.00792. The molecule has 0 fully saturated rings. The Kier molecular flexibility index (Phi) is 5.85. The summed E-state index contributed by atoms with van der Waals surface area (Å²) in [4.78, 5) is 22.0. The van der Waals surface area contributed by atoms with Crippen LogP contribution in [0.4, 0.5) is 0 Å². The lowest BCUT2D eigenvalue weighted by atomic mass is 10.1. The highest BCUT2D eigenvalue weighted by atomic mass is 16.5. The fraction of sp³-hybridized carbons (Fsp3) is 0.429. The van der Waals surface area contributed by atoms with Crippen LogP contribution in [-0.4, -0.2) is 23.6 Å². The Labute approximate surface area is 112 Å². The van der Waals surface area contributed by atoms with E-state index < -0.39 is 5.97 Å². The van der Waals surface area contributed by atoms with Gasteiger partial charge in [-0.05, 0) is 24.1 Å². The first-order valence-electron chi connectivity index (χ1n) is 6.24. The maximum atomic E-state index is 11.6. The van der Waals surface area contributed by atoms with Crippen LogP contribution < -0.4 is 10.1 Å². The van der Waals surface area contributed by atoms with E-state index in [1.54, 1.807) is 18.2 Å². The van der Waals surface area contributed by atoms with Crippen molar-refractivity contribution in [3.63, 3.8) is 0 Å². The third kappa shape index (κ3) is 5.42. The first-order valence-corrected chi connectivity index (χ1v) is 6.24. The molecule has 0 aliphatic heterocycles. The van der Waals surface area contributed by atoms with Gasteiger partial charge in [-0.3, -0.25) is 4.79 Å². The maximum Gasteiger partial charge on any atom is 0.341 e. The number of aliphatic carboxylic acids is 1. The quantitative estimate of drug-likeness (QED) is 0.788. The minimum Gasteiger partial charge on any atom is -0.482 e. The first-order chi connectivity index (χ1) is 9.02. The lowest BCUT2D eigenvalue weighted by Crippen LogP contribution is -2.28. The Balaban J connectivity index is 2.52. The first kappa shape index (κ1) is 15.0. The predicted molar refractivity (Wildman–Crippen MR) is 70.9 cm³/mol.